The van der Waals surface area contributed by atoms with Crippen LogP contribution in [-0.4, -0.2) is 21.0 Å². The van der Waals surface area contributed by atoms with Gasteiger partial charge in [0, 0.05) is 25.2 Å². The minimum atomic E-state index is 0.680. The lowest BCUT2D eigenvalue weighted by molar-refractivity contribution is 0.235. The SMILES string of the molecule is Cc1cccc(CN(CCC(C)C)Cc2cnc(-c3ccccc3)n2CCc2ccccc2)c1C. The third kappa shape index (κ3) is 6.70. The molecule has 0 radical (unpaired) electrons. The molecule has 0 fully saturated rings. The molecule has 3 nitrogen and oxygen atoms in total. The molecule has 35 heavy (non-hydrogen) atoms. The van der Waals surface area contributed by atoms with Crippen LogP contribution in [0.15, 0.2) is 85.1 Å². The van der Waals surface area contributed by atoms with Crippen molar-refractivity contribution in [1.82, 2.24) is 14.5 Å². The number of hydrogen-bond donors (Lipinski definition) is 0. The van der Waals surface area contributed by atoms with Crippen molar-refractivity contribution in [1.29, 1.82) is 0 Å². The highest BCUT2D eigenvalue weighted by atomic mass is 15.2. The zero-order valence-electron chi connectivity index (χ0n) is 21.7. The molecule has 0 atom stereocenters. The van der Waals surface area contributed by atoms with Crippen LogP contribution >= 0.6 is 0 Å². The van der Waals surface area contributed by atoms with E-state index in [1.807, 2.05) is 0 Å². The van der Waals surface area contributed by atoms with Crippen molar-refractivity contribution < 1.29 is 0 Å². The van der Waals surface area contributed by atoms with Crippen LogP contribution in [0.25, 0.3) is 11.4 Å². The van der Waals surface area contributed by atoms with Crippen molar-refractivity contribution in [3.63, 3.8) is 0 Å². The van der Waals surface area contributed by atoms with Gasteiger partial charge < -0.3 is 4.57 Å². The van der Waals surface area contributed by atoms with Gasteiger partial charge in [-0.1, -0.05) is 92.7 Å². The topological polar surface area (TPSA) is 21.1 Å². The highest BCUT2D eigenvalue weighted by Gasteiger charge is 2.17. The number of imidazole rings is 1. The molecule has 0 saturated carbocycles. The van der Waals surface area contributed by atoms with E-state index < -0.39 is 0 Å². The Kier molecular flexibility index (Phi) is 8.54. The molecule has 0 spiro atoms. The Balaban J connectivity index is 1.63. The largest absolute Gasteiger partial charge is 0.326 e. The molecule has 0 aliphatic heterocycles. The van der Waals surface area contributed by atoms with Crippen LogP contribution in [0, 0.1) is 19.8 Å². The number of hydrogen-bond acceptors (Lipinski definition) is 2. The van der Waals surface area contributed by atoms with Crippen LogP contribution in [-0.2, 0) is 26.1 Å². The molecular weight excluding hydrogens is 426 g/mol. The van der Waals surface area contributed by atoms with E-state index in [1.54, 1.807) is 0 Å². The molecule has 3 aromatic carbocycles. The molecule has 0 unspecified atom stereocenters. The maximum atomic E-state index is 4.92. The minimum absolute atomic E-state index is 0.680. The first-order valence-corrected chi connectivity index (χ1v) is 12.9. The second-order valence-corrected chi connectivity index (χ2v) is 10.1. The average molecular weight is 466 g/mol. The fourth-order valence-corrected chi connectivity index (χ4v) is 4.60. The first-order chi connectivity index (χ1) is 17.0. The molecule has 4 aromatic rings. The summed E-state index contributed by atoms with van der Waals surface area (Å²) in [6.45, 7) is 13.0. The monoisotopic (exact) mass is 465 g/mol. The van der Waals surface area contributed by atoms with E-state index in [2.05, 4.69) is 122 Å². The van der Waals surface area contributed by atoms with Crippen molar-refractivity contribution in [2.45, 2.75) is 60.2 Å². The summed E-state index contributed by atoms with van der Waals surface area (Å²) in [7, 11) is 0. The molecule has 3 heteroatoms. The number of benzene rings is 3. The first-order valence-electron chi connectivity index (χ1n) is 12.9. The van der Waals surface area contributed by atoms with E-state index in [4.69, 9.17) is 4.98 Å². The predicted octanol–water partition coefficient (Wildman–Crippen LogP) is 7.46. The number of rotatable bonds is 11. The van der Waals surface area contributed by atoms with Crippen molar-refractivity contribution in [3.05, 3.63) is 113 Å². The molecule has 1 aromatic heterocycles. The molecule has 0 aliphatic rings. The average Bonchev–Trinajstić information content (AvgIpc) is 3.27. The number of aromatic nitrogens is 2. The molecule has 0 saturated heterocycles. The van der Waals surface area contributed by atoms with Crippen LogP contribution in [0.2, 0.25) is 0 Å². The van der Waals surface area contributed by atoms with Crippen molar-refractivity contribution in [3.8, 4) is 11.4 Å². The molecule has 182 valence electrons. The number of aryl methyl sites for hydroxylation is 2. The van der Waals surface area contributed by atoms with Crippen molar-refractivity contribution >= 4 is 0 Å². The van der Waals surface area contributed by atoms with E-state index in [1.165, 1.54) is 39.9 Å². The van der Waals surface area contributed by atoms with Gasteiger partial charge in [0.2, 0.25) is 0 Å². The Bertz CT molecular complexity index is 1190. The van der Waals surface area contributed by atoms with Crippen molar-refractivity contribution in [2.24, 2.45) is 5.92 Å². The summed E-state index contributed by atoms with van der Waals surface area (Å²) in [5, 5.41) is 0. The smallest absolute Gasteiger partial charge is 0.140 e. The standard InChI is InChI=1S/C32H39N3/c1-25(2)18-20-34(23-30-17-11-12-26(3)27(30)4)24-31-22-33-32(29-15-9-6-10-16-29)35(31)21-19-28-13-7-5-8-14-28/h5-17,22,25H,18-21,23-24H2,1-4H3. The van der Waals surface area contributed by atoms with E-state index in [0.29, 0.717) is 5.92 Å². The van der Waals surface area contributed by atoms with E-state index in [0.717, 1.165) is 38.4 Å². The van der Waals surface area contributed by atoms with Gasteiger partial charge in [-0.2, -0.15) is 0 Å². The maximum absolute atomic E-state index is 4.92. The highest BCUT2D eigenvalue weighted by molar-refractivity contribution is 5.56. The maximum Gasteiger partial charge on any atom is 0.140 e. The van der Waals surface area contributed by atoms with Gasteiger partial charge >= 0.3 is 0 Å². The Morgan fingerprint density at radius 3 is 2.26 bits per heavy atom. The Morgan fingerprint density at radius 2 is 1.54 bits per heavy atom. The van der Waals surface area contributed by atoms with Crippen LogP contribution < -0.4 is 0 Å². The van der Waals surface area contributed by atoms with Gasteiger partial charge in [-0.05, 0) is 61.4 Å². The van der Waals surface area contributed by atoms with Gasteiger partial charge in [0.15, 0.2) is 0 Å². The summed E-state index contributed by atoms with van der Waals surface area (Å²) in [6, 6.07) is 28.0. The Morgan fingerprint density at radius 1 is 0.829 bits per heavy atom. The van der Waals surface area contributed by atoms with Crippen LogP contribution in [0.1, 0.15) is 48.2 Å². The summed E-state index contributed by atoms with van der Waals surface area (Å²) < 4.78 is 2.44. The summed E-state index contributed by atoms with van der Waals surface area (Å²) in [4.78, 5) is 7.53. The molecule has 0 amide bonds. The van der Waals surface area contributed by atoms with Gasteiger partial charge in [-0.25, -0.2) is 4.98 Å². The van der Waals surface area contributed by atoms with Gasteiger partial charge in [0.25, 0.3) is 0 Å². The summed E-state index contributed by atoms with van der Waals surface area (Å²) >= 11 is 0. The summed E-state index contributed by atoms with van der Waals surface area (Å²) in [5.74, 6) is 1.74. The highest BCUT2D eigenvalue weighted by Crippen LogP contribution is 2.23. The lowest BCUT2D eigenvalue weighted by Crippen LogP contribution is -2.27. The molecule has 1 heterocycles. The van der Waals surface area contributed by atoms with Gasteiger partial charge in [-0.3, -0.25) is 4.90 Å². The van der Waals surface area contributed by atoms with E-state index in [-0.39, 0.29) is 0 Å². The fraction of sp³-hybridized carbons (Fsp3) is 0.344. The lowest BCUT2D eigenvalue weighted by atomic mass is 10.0. The van der Waals surface area contributed by atoms with Crippen LogP contribution in [0.5, 0.6) is 0 Å². The van der Waals surface area contributed by atoms with E-state index >= 15 is 0 Å². The number of nitrogens with zero attached hydrogens (tertiary/aromatic N) is 3. The second-order valence-electron chi connectivity index (χ2n) is 10.1. The molecular formula is C32H39N3. The first kappa shape index (κ1) is 24.9. The zero-order chi connectivity index (χ0) is 24.6. The van der Waals surface area contributed by atoms with Crippen LogP contribution in [0.4, 0.5) is 0 Å². The summed E-state index contributed by atoms with van der Waals surface area (Å²) in [5.41, 5.74) is 8.02. The fourth-order valence-electron chi connectivity index (χ4n) is 4.60. The van der Waals surface area contributed by atoms with Gasteiger partial charge in [0.1, 0.15) is 5.82 Å². The zero-order valence-corrected chi connectivity index (χ0v) is 21.7. The van der Waals surface area contributed by atoms with Gasteiger partial charge in [-0.15, -0.1) is 0 Å². The quantitative estimate of drug-likeness (QED) is 0.229. The second kappa shape index (κ2) is 12.0. The minimum Gasteiger partial charge on any atom is -0.326 e. The third-order valence-corrected chi connectivity index (χ3v) is 6.96. The van der Waals surface area contributed by atoms with Crippen molar-refractivity contribution in [2.75, 3.05) is 6.54 Å². The Labute approximate surface area is 211 Å². The molecule has 0 N–H and O–H groups in total. The molecule has 0 aliphatic carbocycles. The normalized spacial score (nSPS) is 11.5. The third-order valence-electron chi connectivity index (χ3n) is 6.96. The predicted molar refractivity (Wildman–Crippen MR) is 147 cm³/mol. The van der Waals surface area contributed by atoms with Crippen LogP contribution in [0.3, 0.4) is 0 Å². The Hall–Kier alpha value is -3.17. The lowest BCUT2D eigenvalue weighted by Gasteiger charge is -2.25. The van der Waals surface area contributed by atoms with E-state index in [9.17, 15) is 0 Å². The molecule has 0 bridgehead atoms. The molecule has 4 rings (SSSR count). The van der Waals surface area contributed by atoms with Gasteiger partial charge in [0.05, 0.1) is 11.9 Å². The summed E-state index contributed by atoms with van der Waals surface area (Å²) in [6.07, 6.45) is 4.28.